The standard InChI is InChI=1S/C83H162O17P2/c1-9-76(8)62-54-46-37-31-25-21-17-12-10-11-13-19-23-27-33-39-49-57-65-82(87)100-79(70-94-81(86)64-56-48-42-41-45-53-61-75(6)7)72-98-102(91,92)96-68-77(84)67-95-101(89,90)97-71-78(99-83(88)66-58-50-40-34-28-30-36-44-52-60-74(4)5)69-93-80(85)63-55-47-38-32-26-22-18-15-14-16-20-24-29-35-43-51-59-73(2)3/h73-79,84H,9-72H2,1-8H3,(H,89,90)(H,91,92)/t76?,77-,78-,79-/m1/s1. The smallest absolute Gasteiger partial charge is 0.462 e. The lowest BCUT2D eigenvalue weighted by molar-refractivity contribution is -0.161. The number of hydrogen-bond donors (Lipinski definition) is 3. The highest BCUT2D eigenvalue weighted by molar-refractivity contribution is 7.47. The van der Waals surface area contributed by atoms with Gasteiger partial charge < -0.3 is 33.8 Å². The molecular formula is C83H162O17P2. The van der Waals surface area contributed by atoms with Gasteiger partial charge in [-0.05, 0) is 49.4 Å². The predicted molar refractivity (Wildman–Crippen MR) is 418 cm³/mol. The van der Waals surface area contributed by atoms with E-state index in [4.69, 9.17) is 37.0 Å². The van der Waals surface area contributed by atoms with Gasteiger partial charge in [-0.3, -0.25) is 37.3 Å². The van der Waals surface area contributed by atoms with Crippen LogP contribution in [-0.2, 0) is 65.4 Å². The normalized spacial score (nSPS) is 14.3. The molecule has 0 aliphatic rings. The van der Waals surface area contributed by atoms with Crippen molar-refractivity contribution in [3.05, 3.63) is 0 Å². The molecule has 0 rings (SSSR count). The molecule has 0 aliphatic carbocycles. The first-order chi connectivity index (χ1) is 49.1. The van der Waals surface area contributed by atoms with Gasteiger partial charge in [0.1, 0.15) is 19.3 Å². The van der Waals surface area contributed by atoms with Gasteiger partial charge >= 0.3 is 39.5 Å². The molecule has 0 saturated carbocycles. The quantitative estimate of drug-likeness (QED) is 0.0222. The van der Waals surface area contributed by atoms with E-state index in [1.54, 1.807) is 0 Å². The minimum absolute atomic E-state index is 0.105. The minimum Gasteiger partial charge on any atom is -0.462 e. The summed E-state index contributed by atoms with van der Waals surface area (Å²) in [6.07, 6.45) is 60.0. The largest absolute Gasteiger partial charge is 0.472 e. The van der Waals surface area contributed by atoms with E-state index in [-0.39, 0.29) is 25.7 Å². The summed E-state index contributed by atoms with van der Waals surface area (Å²) >= 11 is 0. The number of esters is 4. The number of phosphoric ester groups is 2. The maximum atomic E-state index is 13.1. The van der Waals surface area contributed by atoms with E-state index < -0.39 is 97.5 Å². The Morgan fingerprint density at radius 3 is 0.696 bits per heavy atom. The van der Waals surface area contributed by atoms with Crippen LogP contribution in [0, 0.1) is 23.7 Å². The van der Waals surface area contributed by atoms with E-state index in [1.807, 2.05) is 0 Å². The number of carbonyl (C=O) groups excluding carboxylic acids is 4. The van der Waals surface area contributed by atoms with E-state index in [0.717, 1.165) is 114 Å². The first-order valence-corrected chi connectivity index (χ1v) is 45.7. The number of phosphoric acid groups is 2. The predicted octanol–water partition coefficient (Wildman–Crippen LogP) is 24.8. The highest BCUT2D eigenvalue weighted by Crippen LogP contribution is 2.45. The number of aliphatic hydroxyl groups excluding tert-OH is 1. The van der Waals surface area contributed by atoms with Crippen LogP contribution < -0.4 is 0 Å². The van der Waals surface area contributed by atoms with Crippen LogP contribution in [0.3, 0.4) is 0 Å². The fraction of sp³-hybridized carbons (Fsp3) is 0.952. The number of ether oxygens (including phenoxy) is 4. The van der Waals surface area contributed by atoms with Crippen LogP contribution in [-0.4, -0.2) is 96.7 Å². The SMILES string of the molecule is CCC(C)CCCCCCCCCCCCCCCCCCCCC(=O)O[C@H](COC(=O)CCCCCCCCC(C)C)COP(=O)(O)OC[C@H](O)COP(=O)(O)OC[C@@H](COC(=O)CCCCCCCCCCCCCCCCCCC(C)C)OC(=O)CCCCCCCCCCCC(C)C. The fourth-order valence-electron chi connectivity index (χ4n) is 12.8. The summed E-state index contributed by atoms with van der Waals surface area (Å²) in [6.45, 7) is 14.2. The van der Waals surface area contributed by atoms with Crippen LogP contribution in [0.5, 0.6) is 0 Å². The van der Waals surface area contributed by atoms with Crippen molar-refractivity contribution in [3.8, 4) is 0 Å². The Hall–Kier alpha value is -1.94. The molecule has 0 heterocycles. The van der Waals surface area contributed by atoms with E-state index in [1.165, 1.54) is 225 Å². The summed E-state index contributed by atoms with van der Waals surface area (Å²) in [6, 6.07) is 0. The topological polar surface area (TPSA) is 237 Å². The zero-order valence-electron chi connectivity index (χ0n) is 67.2. The molecule has 17 nitrogen and oxygen atoms in total. The Balaban J connectivity index is 5.14. The van der Waals surface area contributed by atoms with E-state index in [9.17, 15) is 43.2 Å². The second-order valence-electron chi connectivity index (χ2n) is 31.5. The maximum absolute atomic E-state index is 13.1. The second kappa shape index (κ2) is 72.0. The molecule has 0 saturated heterocycles. The molecule has 102 heavy (non-hydrogen) atoms. The Morgan fingerprint density at radius 1 is 0.275 bits per heavy atom. The summed E-state index contributed by atoms with van der Waals surface area (Å²) in [7, 11) is -9.92. The van der Waals surface area contributed by atoms with Crippen molar-refractivity contribution in [1.82, 2.24) is 0 Å². The average Bonchev–Trinajstić information content (AvgIpc) is 0.935. The molecule has 3 N–H and O–H groups in total. The monoisotopic (exact) mass is 1490 g/mol. The van der Waals surface area contributed by atoms with Crippen molar-refractivity contribution in [2.75, 3.05) is 39.6 Å². The van der Waals surface area contributed by atoms with E-state index in [0.29, 0.717) is 31.6 Å². The van der Waals surface area contributed by atoms with E-state index >= 15 is 0 Å². The van der Waals surface area contributed by atoms with E-state index in [2.05, 4.69) is 55.4 Å². The van der Waals surface area contributed by atoms with Crippen molar-refractivity contribution < 1.29 is 80.2 Å². The summed E-state index contributed by atoms with van der Waals surface area (Å²) in [5, 5.41) is 10.6. The molecule has 0 aromatic heterocycles. The van der Waals surface area contributed by atoms with Gasteiger partial charge in [-0.1, -0.05) is 376 Å². The molecule has 0 fully saturated rings. The summed E-state index contributed by atoms with van der Waals surface area (Å²) in [5.74, 6) is 0.984. The third-order valence-corrected chi connectivity index (χ3v) is 21.6. The molecule has 3 unspecified atom stereocenters. The maximum Gasteiger partial charge on any atom is 0.472 e. The molecule has 0 amide bonds. The third kappa shape index (κ3) is 74.9. The van der Waals surface area contributed by atoms with Crippen LogP contribution in [0.2, 0.25) is 0 Å². The first kappa shape index (κ1) is 100. The highest BCUT2D eigenvalue weighted by Gasteiger charge is 2.30. The molecule has 0 aromatic carbocycles. The Bertz CT molecular complexity index is 1990. The molecule has 6 atom stereocenters. The van der Waals surface area contributed by atoms with Gasteiger partial charge in [0.15, 0.2) is 12.2 Å². The van der Waals surface area contributed by atoms with Crippen molar-refractivity contribution in [2.45, 2.75) is 446 Å². The summed E-state index contributed by atoms with van der Waals surface area (Å²) < 4.78 is 68.7. The number of rotatable bonds is 80. The number of hydrogen-bond acceptors (Lipinski definition) is 15. The van der Waals surface area contributed by atoms with Gasteiger partial charge in [-0.15, -0.1) is 0 Å². The molecule has 0 spiro atoms. The van der Waals surface area contributed by atoms with Crippen molar-refractivity contribution >= 4 is 39.5 Å². The molecular weight excluding hydrogens is 1330 g/mol. The number of carbonyl (C=O) groups is 4. The molecule has 19 heteroatoms. The molecule has 0 radical (unpaired) electrons. The zero-order chi connectivity index (χ0) is 75.3. The Morgan fingerprint density at radius 2 is 0.471 bits per heavy atom. The number of unbranched alkanes of at least 4 members (excludes halogenated alkanes) is 45. The van der Waals surface area contributed by atoms with Crippen molar-refractivity contribution in [2.24, 2.45) is 23.7 Å². The van der Waals surface area contributed by atoms with Gasteiger partial charge in [0, 0.05) is 25.7 Å². The molecule has 606 valence electrons. The number of aliphatic hydroxyl groups is 1. The van der Waals surface area contributed by atoms with Gasteiger partial charge in [0.25, 0.3) is 0 Å². The lowest BCUT2D eigenvalue weighted by atomic mass is 9.99. The Kier molecular flexibility index (Phi) is 70.6. The van der Waals surface area contributed by atoms with Crippen LogP contribution in [0.1, 0.15) is 428 Å². The zero-order valence-corrected chi connectivity index (χ0v) is 69.0. The van der Waals surface area contributed by atoms with Gasteiger partial charge in [-0.2, -0.15) is 0 Å². The van der Waals surface area contributed by atoms with Crippen LogP contribution in [0.15, 0.2) is 0 Å². The second-order valence-corrected chi connectivity index (χ2v) is 34.4. The van der Waals surface area contributed by atoms with Crippen LogP contribution in [0.25, 0.3) is 0 Å². The van der Waals surface area contributed by atoms with Crippen molar-refractivity contribution in [3.63, 3.8) is 0 Å². The molecule has 0 aliphatic heterocycles. The average molecular weight is 1490 g/mol. The van der Waals surface area contributed by atoms with Crippen LogP contribution in [0.4, 0.5) is 0 Å². The molecule has 0 bridgehead atoms. The van der Waals surface area contributed by atoms with Crippen molar-refractivity contribution in [1.29, 1.82) is 0 Å². The minimum atomic E-state index is -4.96. The Labute approximate surface area is 626 Å². The van der Waals surface area contributed by atoms with Gasteiger partial charge in [-0.25, -0.2) is 9.13 Å². The van der Waals surface area contributed by atoms with Gasteiger partial charge in [0.2, 0.25) is 0 Å². The summed E-state index contributed by atoms with van der Waals surface area (Å²) in [4.78, 5) is 73.0. The first-order valence-electron chi connectivity index (χ1n) is 42.7. The van der Waals surface area contributed by atoms with Gasteiger partial charge in [0.05, 0.1) is 26.4 Å². The lowest BCUT2D eigenvalue weighted by Crippen LogP contribution is -2.30. The fourth-order valence-corrected chi connectivity index (χ4v) is 14.3. The molecule has 0 aromatic rings. The highest BCUT2D eigenvalue weighted by atomic mass is 31.2. The lowest BCUT2D eigenvalue weighted by Gasteiger charge is -2.21. The summed E-state index contributed by atoms with van der Waals surface area (Å²) in [5.41, 5.74) is 0. The van der Waals surface area contributed by atoms with Crippen LogP contribution >= 0.6 is 15.6 Å². The third-order valence-electron chi connectivity index (χ3n) is 19.7.